The Balaban J connectivity index is 1.81. The van der Waals surface area contributed by atoms with Crippen molar-refractivity contribution < 1.29 is 4.79 Å². The van der Waals surface area contributed by atoms with Gasteiger partial charge in [-0.05, 0) is 18.8 Å². The zero-order valence-electron chi connectivity index (χ0n) is 7.65. The molecular weight excluding hydrogens is 164 g/mol. The Morgan fingerprint density at radius 1 is 1.62 bits per heavy atom. The Morgan fingerprint density at radius 2 is 2.46 bits per heavy atom. The number of aromatic nitrogens is 2. The number of aryl methyl sites for hydroxylation is 1. The molecule has 0 N–H and O–H groups in total. The summed E-state index contributed by atoms with van der Waals surface area (Å²) in [6, 6.07) is 0. The number of nitrogens with zero attached hydrogens (tertiary/aromatic N) is 2. The maximum Gasteiger partial charge on any atom is 0.168 e. The quantitative estimate of drug-likeness (QED) is 0.645. The van der Waals surface area contributed by atoms with E-state index >= 15 is 0 Å². The first-order valence-electron chi connectivity index (χ1n) is 4.85. The first-order chi connectivity index (χ1) is 6.40. The third kappa shape index (κ3) is 2.17. The molecule has 3 heteroatoms. The number of rotatable bonds is 5. The van der Waals surface area contributed by atoms with Crippen LogP contribution in [0.4, 0.5) is 0 Å². The molecule has 1 aromatic heterocycles. The van der Waals surface area contributed by atoms with Gasteiger partial charge in [0.2, 0.25) is 0 Å². The summed E-state index contributed by atoms with van der Waals surface area (Å²) < 4.78 is 1.93. The van der Waals surface area contributed by atoms with E-state index in [1.165, 1.54) is 25.7 Å². The highest BCUT2D eigenvalue weighted by atomic mass is 16.1. The molecule has 0 saturated heterocycles. The van der Waals surface area contributed by atoms with Crippen molar-refractivity contribution in [2.75, 3.05) is 0 Å². The van der Waals surface area contributed by atoms with Gasteiger partial charge in [0.15, 0.2) is 6.29 Å². The number of imidazole rings is 1. The maximum absolute atomic E-state index is 10.5. The van der Waals surface area contributed by atoms with E-state index in [4.69, 9.17) is 0 Å². The SMILES string of the molecule is O=Cc1cncn1CCCC1CC1. The molecule has 1 heterocycles. The first kappa shape index (κ1) is 8.48. The number of carbonyl (C=O) groups excluding carboxylic acids is 1. The fourth-order valence-corrected chi connectivity index (χ4v) is 1.57. The molecule has 0 unspecified atom stereocenters. The topological polar surface area (TPSA) is 34.9 Å². The summed E-state index contributed by atoms with van der Waals surface area (Å²) in [5, 5.41) is 0. The van der Waals surface area contributed by atoms with E-state index in [0.717, 1.165) is 18.7 Å². The molecule has 0 aliphatic heterocycles. The molecule has 1 aliphatic carbocycles. The second kappa shape index (κ2) is 3.73. The number of hydrogen-bond acceptors (Lipinski definition) is 2. The van der Waals surface area contributed by atoms with Gasteiger partial charge in [-0.3, -0.25) is 4.79 Å². The normalized spacial score (nSPS) is 16.0. The van der Waals surface area contributed by atoms with Crippen LogP contribution in [0.25, 0.3) is 0 Å². The molecule has 1 saturated carbocycles. The highest BCUT2D eigenvalue weighted by Gasteiger charge is 2.20. The average Bonchev–Trinajstić information content (AvgIpc) is 2.84. The van der Waals surface area contributed by atoms with Crippen LogP contribution in [0.5, 0.6) is 0 Å². The summed E-state index contributed by atoms with van der Waals surface area (Å²) in [6.07, 6.45) is 9.50. The Labute approximate surface area is 77.8 Å². The Morgan fingerprint density at radius 3 is 3.15 bits per heavy atom. The zero-order chi connectivity index (χ0) is 9.10. The monoisotopic (exact) mass is 178 g/mol. The van der Waals surface area contributed by atoms with Crippen molar-refractivity contribution in [3.63, 3.8) is 0 Å². The molecule has 0 aromatic carbocycles. The van der Waals surface area contributed by atoms with Crippen LogP contribution in [0.3, 0.4) is 0 Å². The molecule has 70 valence electrons. The molecule has 0 atom stereocenters. The molecule has 1 aromatic rings. The smallest absolute Gasteiger partial charge is 0.168 e. The molecular formula is C10H14N2O. The van der Waals surface area contributed by atoms with Crippen molar-refractivity contribution in [3.8, 4) is 0 Å². The van der Waals surface area contributed by atoms with E-state index in [1.54, 1.807) is 12.5 Å². The first-order valence-corrected chi connectivity index (χ1v) is 4.85. The van der Waals surface area contributed by atoms with Crippen molar-refractivity contribution in [1.82, 2.24) is 9.55 Å². The van der Waals surface area contributed by atoms with Gasteiger partial charge < -0.3 is 4.57 Å². The van der Waals surface area contributed by atoms with Crippen LogP contribution >= 0.6 is 0 Å². The minimum absolute atomic E-state index is 0.691. The van der Waals surface area contributed by atoms with Crippen LogP contribution in [-0.2, 0) is 6.54 Å². The molecule has 0 spiro atoms. The summed E-state index contributed by atoms with van der Waals surface area (Å²) in [5.41, 5.74) is 0.691. The van der Waals surface area contributed by atoms with Crippen LogP contribution in [0.2, 0.25) is 0 Å². The summed E-state index contributed by atoms with van der Waals surface area (Å²) >= 11 is 0. The lowest BCUT2D eigenvalue weighted by molar-refractivity contribution is 0.111. The summed E-state index contributed by atoms with van der Waals surface area (Å²) in [5.74, 6) is 0.975. The average molecular weight is 178 g/mol. The van der Waals surface area contributed by atoms with E-state index in [0.29, 0.717) is 5.69 Å². The van der Waals surface area contributed by atoms with Gasteiger partial charge in [0.25, 0.3) is 0 Å². The molecule has 0 radical (unpaired) electrons. The van der Waals surface area contributed by atoms with Crippen molar-refractivity contribution in [1.29, 1.82) is 0 Å². The van der Waals surface area contributed by atoms with Crippen LogP contribution in [0.15, 0.2) is 12.5 Å². The third-order valence-corrected chi connectivity index (χ3v) is 2.57. The van der Waals surface area contributed by atoms with Crippen molar-refractivity contribution >= 4 is 6.29 Å². The van der Waals surface area contributed by atoms with Gasteiger partial charge >= 0.3 is 0 Å². The highest BCUT2D eigenvalue weighted by molar-refractivity contribution is 5.71. The summed E-state index contributed by atoms with van der Waals surface area (Å²) in [4.78, 5) is 14.5. The summed E-state index contributed by atoms with van der Waals surface area (Å²) in [6.45, 7) is 0.935. The zero-order valence-corrected chi connectivity index (χ0v) is 7.65. The van der Waals surface area contributed by atoms with Gasteiger partial charge in [-0.25, -0.2) is 4.98 Å². The predicted molar refractivity (Wildman–Crippen MR) is 49.6 cm³/mol. The van der Waals surface area contributed by atoms with Gasteiger partial charge in [-0.1, -0.05) is 12.8 Å². The van der Waals surface area contributed by atoms with Crippen LogP contribution in [0, 0.1) is 5.92 Å². The third-order valence-electron chi connectivity index (χ3n) is 2.57. The highest BCUT2D eigenvalue weighted by Crippen LogP contribution is 2.33. The number of hydrogen-bond donors (Lipinski definition) is 0. The van der Waals surface area contributed by atoms with Crippen LogP contribution in [0.1, 0.15) is 36.2 Å². The maximum atomic E-state index is 10.5. The van der Waals surface area contributed by atoms with E-state index in [9.17, 15) is 4.79 Å². The van der Waals surface area contributed by atoms with Crippen molar-refractivity contribution in [3.05, 3.63) is 18.2 Å². The molecule has 2 rings (SSSR count). The fourth-order valence-electron chi connectivity index (χ4n) is 1.57. The number of carbonyl (C=O) groups is 1. The molecule has 1 aliphatic rings. The van der Waals surface area contributed by atoms with Crippen molar-refractivity contribution in [2.45, 2.75) is 32.2 Å². The standard InChI is InChI=1S/C10H14N2O/c13-7-10-6-11-8-12(10)5-1-2-9-3-4-9/h6-9H,1-5H2. The largest absolute Gasteiger partial charge is 0.328 e. The van der Waals surface area contributed by atoms with Gasteiger partial charge in [-0.15, -0.1) is 0 Å². The van der Waals surface area contributed by atoms with Gasteiger partial charge in [0.05, 0.1) is 12.5 Å². The molecule has 13 heavy (non-hydrogen) atoms. The van der Waals surface area contributed by atoms with Crippen LogP contribution in [-0.4, -0.2) is 15.8 Å². The van der Waals surface area contributed by atoms with Crippen molar-refractivity contribution in [2.24, 2.45) is 5.92 Å². The lowest BCUT2D eigenvalue weighted by Crippen LogP contribution is -2.00. The van der Waals surface area contributed by atoms with Crippen LogP contribution < -0.4 is 0 Å². The Kier molecular flexibility index (Phi) is 2.43. The number of aldehydes is 1. The molecule has 3 nitrogen and oxygen atoms in total. The van der Waals surface area contributed by atoms with E-state index in [1.807, 2.05) is 4.57 Å². The predicted octanol–water partition coefficient (Wildman–Crippen LogP) is 1.89. The molecule has 0 amide bonds. The Bertz CT molecular complexity index is 289. The van der Waals surface area contributed by atoms with Gasteiger partial charge in [-0.2, -0.15) is 0 Å². The Hall–Kier alpha value is -1.12. The summed E-state index contributed by atoms with van der Waals surface area (Å²) in [7, 11) is 0. The van der Waals surface area contributed by atoms with E-state index < -0.39 is 0 Å². The van der Waals surface area contributed by atoms with E-state index in [2.05, 4.69) is 4.98 Å². The molecule has 0 bridgehead atoms. The minimum atomic E-state index is 0.691. The second-order valence-electron chi connectivity index (χ2n) is 3.72. The molecule has 1 fully saturated rings. The lowest BCUT2D eigenvalue weighted by atomic mass is 10.2. The van der Waals surface area contributed by atoms with Gasteiger partial charge in [0, 0.05) is 6.54 Å². The second-order valence-corrected chi connectivity index (χ2v) is 3.72. The fraction of sp³-hybridized carbons (Fsp3) is 0.600. The minimum Gasteiger partial charge on any atom is -0.328 e. The van der Waals surface area contributed by atoms with Gasteiger partial charge in [0.1, 0.15) is 5.69 Å². The van der Waals surface area contributed by atoms with E-state index in [-0.39, 0.29) is 0 Å². The lowest BCUT2D eigenvalue weighted by Gasteiger charge is -2.02.